The Labute approximate surface area is 174 Å². The van der Waals surface area contributed by atoms with Crippen LogP contribution in [0.2, 0.25) is 0 Å². The number of methoxy groups -OCH3 is 1. The summed E-state index contributed by atoms with van der Waals surface area (Å²) in [5, 5.41) is 0.672. The fraction of sp³-hybridized carbons (Fsp3) is 0.0833. The molecule has 144 valence electrons. The third-order valence-electron chi connectivity index (χ3n) is 4.48. The van der Waals surface area contributed by atoms with E-state index < -0.39 is 0 Å². The SMILES string of the molecule is COc1ccccc1C=C1SC(=Nc2ccccc2)N(Cc2ccccc2)C1=O. The summed E-state index contributed by atoms with van der Waals surface area (Å²) in [6.07, 6.45) is 1.87. The maximum atomic E-state index is 13.2. The van der Waals surface area contributed by atoms with Crippen LogP contribution in [0.4, 0.5) is 5.69 Å². The largest absolute Gasteiger partial charge is 0.496 e. The molecule has 3 aromatic rings. The molecule has 4 nitrogen and oxygen atoms in total. The number of hydrogen-bond donors (Lipinski definition) is 0. The van der Waals surface area contributed by atoms with Crippen LogP contribution >= 0.6 is 11.8 Å². The van der Waals surface area contributed by atoms with Gasteiger partial charge in [-0.3, -0.25) is 9.69 Å². The van der Waals surface area contributed by atoms with Crippen molar-refractivity contribution in [3.63, 3.8) is 0 Å². The molecule has 0 saturated carbocycles. The molecule has 1 amide bonds. The van der Waals surface area contributed by atoms with Gasteiger partial charge in [0.2, 0.25) is 0 Å². The minimum atomic E-state index is -0.0561. The maximum Gasteiger partial charge on any atom is 0.267 e. The Balaban J connectivity index is 1.71. The highest BCUT2D eigenvalue weighted by atomic mass is 32.2. The first-order chi connectivity index (χ1) is 14.2. The van der Waals surface area contributed by atoms with Crippen LogP contribution in [0, 0.1) is 0 Å². The van der Waals surface area contributed by atoms with E-state index in [2.05, 4.69) is 0 Å². The van der Waals surface area contributed by atoms with E-state index in [0.717, 1.165) is 22.6 Å². The molecule has 0 radical (unpaired) electrons. The number of carbonyl (C=O) groups excluding carboxylic acids is 1. The molecule has 3 aromatic carbocycles. The third kappa shape index (κ3) is 4.41. The Morgan fingerprint density at radius 3 is 2.31 bits per heavy atom. The number of ether oxygens (including phenoxy) is 1. The van der Waals surface area contributed by atoms with Crippen LogP contribution in [0.15, 0.2) is 94.8 Å². The van der Waals surface area contributed by atoms with Crippen LogP contribution in [0.3, 0.4) is 0 Å². The van der Waals surface area contributed by atoms with Gasteiger partial charge in [0, 0.05) is 5.56 Å². The molecule has 0 N–H and O–H groups in total. The smallest absolute Gasteiger partial charge is 0.267 e. The van der Waals surface area contributed by atoms with Crippen molar-refractivity contribution >= 4 is 34.6 Å². The lowest BCUT2D eigenvalue weighted by Gasteiger charge is -2.15. The van der Waals surface area contributed by atoms with Gasteiger partial charge >= 0.3 is 0 Å². The second kappa shape index (κ2) is 8.80. The van der Waals surface area contributed by atoms with Gasteiger partial charge in [-0.15, -0.1) is 0 Å². The summed E-state index contributed by atoms with van der Waals surface area (Å²) >= 11 is 1.39. The van der Waals surface area contributed by atoms with Gasteiger partial charge in [0.15, 0.2) is 5.17 Å². The predicted molar refractivity (Wildman–Crippen MR) is 119 cm³/mol. The molecule has 1 saturated heterocycles. The van der Waals surface area contributed by atoms with Gasteiger partial charge in [-0.25, -0.2) is 4.99 Å². The number of nitrogens with zero attached hydrogens (tertiary/aromatic N) is 2. The average molecular weight is 401 g/mol. The Bertz CT molecular complexity index is 1060. The highest BCUT2D eigenvalue weighted by molar-refractivity contribution is 8.18. The van der Waals surface area contributed by atoms with E-state index in [1.54, 1.807) is 12.0 Å². The van der Waals surface area contributed by atoms with E-state index in [-0.39, 0.29) is 5.91 Å². The summed E-state index contributed by atoms with van der Waals surface area (Å²) in [4.78, 5) is 20.3. The number of aliphatic imine (C=N–C) groups is 1. The first-order valence-corrected chi connectivity index (χ1v) is 10.1. The van der Waals surface area contributed by atoms with Crippen molar-refractivity contribution in [2.45, 2.75) is 6.54 Å². The molecule has 4 rings (SSSR count). The van der Waals surface area contributed by atoms with Crippen molar-refractivity contribution in [1.29, 1.82) is 0 Å². The molecule has 0 atom stereocenters. The van der Waals surface area contributed by atoms with Gasteiger partial charge in [0.25, 0.3) is 5.91 Å². The number of amidine groups is 1. The van der Waals surface area contributed by atoms with E-state index in [0.29, 0.717) is 16.6 Å². The number of para-hydroxylation sites is 2. The first kappa shape index (κ1) is 19.0. The van der Waals surface area contributed by atoms with E-state index in [1.165, 1.54) is 11.8 Å². The van der Waals surface area contributed by atoms with Crippen LogP contribution in [0.5, 0.6) is 5.75 Å². The van der Waals surface area contributed by atoms with E-state index >= 15 is 0 Å². The molecule has 5 heteroatoms. The molecule has 0 unspecified atom stereocenters. The van der Waals surface area contributed by atoms with Gasteiger partial charge in [0.05, 0.1) is 24.2 Å². The molecule has 1 fully saturated rings. The van der Waals surface area contributed by atoms with Gasteiger partial charge < -0.3 is 4.74 Å². The Hall–Kier alpha value is -3.31. The molecule has 29 heavy (non-hydrogen) atoms. The van der Waals surface area contributed by atoms with Crippen molar-refractivity contribution < 1.29 is 9.53 Å². The first-order valence-electron chi connectivity index (χ1n) is 9.27. The highest BCUT2D eigenvalue weighted by Crippen LogP contribution is 2.36. The molecular formula is C24H20N2O2S. The summed E-state index contributed by atoms with van der Waals surface area (Å²) in [6.45, 7) is 0.474. The summed E-state index contributed by atoms with van der Waals surface area (Å²) in [7, 11) is 1.63. The number of rotatable bonds is 5. The molecule has 1 aliphatic rings. The second-order valence-electron chi connectivity index (χ2n) is 6.46. The zero-order valence-corrected chi connectivity index (χ0v) is 16.8. The Kier molecular flexibility index (Phi) is 5.77. The number of hydrogen-bond acceptors (Lipinski definition) is 4. The monoisotopic (exact) mass is 400 g/mol. The van der Waals surface area contributed by atoms with Crippen LogP contribution < -0.4 is 4.74 Å². The molecule has 0 aromatic heterocycles. The van der Waals surface area contributed by atoms with Gasteiger partial charge in [0.1, 0.15) is 5.75 Å². The lowest BCUT2D eigenvalue weighted by atomic mass is 10.1. The molecule has 1 aliphatic heterocycles. The fourth-order valence-corrected chi connectivity index (χ4v) is 4.03. The van der Waals surface area contributed by atoms with Crippen LogP contribution in [0.25, 0.3) is 6.08 Å². The molecule has 1 heterocycles. The van der Waals surface area contributed by atoms with Crippen molar-refractivity contribution in [2.75, 3.05) is 7.11 Å². The number of thioether (sulfide) groups is 1. The van der Waals surface area contributed by atoms with Gasteiger partial charge in [-0.05, 0) is 41.6 Å². The lowest BCUT2D eigenvalue weighted by Crippen LogP contribution is -2.28. The summed E-state index contributed by atoms with van der Waals surface area (Å²) in [5.74, 6) is 0.677. The van der Waals surface area contributed by atoms with Gasteiger partial charge in [-0.1, -0.05) is 66.7 Å². The number of benzene rings is 3. The summed E-state index contributed by atoms with van der Waals surface area (Å²) < 4.78 is 5.43. The maximum absolute atomic E-state index is 13.2. The Morgan fingerprint density at radius 1 is 0.931 bits per heavy atom. The van der Waals surface area contributed by atoms with E-state index in [9.17, 15) is 4.79 Å². The zero-order valence-electron chi connectivity index (χ0n) is 16.0. The molecular weight excluding hydrogens is 380 g/mol. The third-order valence-corrected chi connectivity index (χ3v) is 5.48. The van der Waals surface area contributed by atoms with Crippen molar-refractivity contribution in [1.82, 2.24) is 4.90 Å². The zero-order chi connectivity index (χ0) is 20.1. The second-order valence-corrected chi connectivity index (χ2v) is 7.47. The van der Waals surface area contributed by atoms with Gasteiger partial charge in [-0.2, -0.15) is 0 Å². The predicted octanol–water partition coefficient (Wildman–Crippen LogP) is 5.50. The van der Waals surface area contributed by atoms with Crippen molar-refractivity contribution in [3.05, 3.63) is 101 Å². The van der Waals surface area contributed by atoms with Crippen molar-refractivity contribution in [2.24, 2.45) is 4.99 Å². The quantitative estimate of drug-likeness (QED) is 0.531. The highest BCUT2D eigenvalue weighted by Gasteiger charge is 2.33. The molecule has 0 aliphatic carbocycles. The van der Waals surface area contributed by atoms with E-state index in [4.69, 9.17) is 9.73 Å². The minimum Gasteiger partial charge on any atom is -0.496 e. The lowest BCUT2D eigenvalue weighted by molar-refractivity contribution is -0.122. The number of carbonyl (C=O) groups is 1. The normalized spacial score (nSPS) is 16.6. The van der Waals surface area contributed by atoms with Crippen LogP contribution in [-0.4, -0.2) is 23.1 Å². The van der Waals surface area contributed by atoms with E-state index in [1.807, 2.05) is 91.0 Å². The standard InChI is InChI=1S/C24H20N2O2S/c1-28-21-15-9-8-12-19(21)16-22-23(27)26(17-18-10-4-2-5-11-18)24(29-22)25-20-13-6-3-7-14-20/h2-16H,17H2,1H3. The van der Waals surface area contributed by atoms with Crippen molar-refractivity contribution in [3.8, 4) is 5.75 Å². The molecule has 0 spiro atoms. The summed E-state index contributed by atoms with van der Waals surface area (Å²) in [6, 6.07) is 27.3. The molecule has 0 bridgehead atoms. The fourth-order valence-electron chi connectivity index (χ4n) is 3.04. The van der Waals surface area contributed by atoms with Crippen LogP contribution in [-0.2, 0) is 11.3 Å². The van der Waals surface area contributed by atoms with Crippen LogP contribution in [0.1, 0.15) is 11.1 Å². The topological polar surface area (TPSA) is 41.9 Å². The average Bonchev–Trinajstić information content (AvgIpc) is 3.04. The Morgan fingerprint density at radius 2 is 1.59 bits per heavy atom. The number of amides is 1. The summed E-state index contributed by atoms with van der Waals surface area (Å²) in [5.41, 5.74) is 2.74. The minimum absolute atomic E-state index is 0.0561.